The van der Waals surface area contributed by atoms with E-state index < -0.39 is 13.4 Å². The summed E-state index contributed by atoms with van der Waals surface area (Å²) in [5.74, 6) is 0.0918. The molecule has 1 aromatic carbocycles. The summed E-state index contributed by atoms with van der Waals surface area (Å²) in [6.07, 6.45) is 5.39. The van der Waals surface area contributed by atoms with E-state index in [-0.39, 0.29) is 29.3 Å². The Morgan fingerprint density at radius 3 is 2.31 bits per heavy atom. The van der Waals surface area contributed by atoms with E-state index in [9.17, 15) is 4.79 Å². The number of benzene rings is 1. The monoisotopic (exact) mass is 489 g/mol. The van der Waals surface area contributed by atoms with E-state index >= 15 is 0 Å². The third-order valence-electron chi connectivity index (χ3n) is 7.80. The molecular formula is C27H44BNO6. The summed E-state index contributed by atoms with van der Waals surface area (Å²) < 4.78 is 29.3. The van der Waals surface area contributed by atoms with E-state index in [1.54, 1.807) is 14.2 Å². The lowest BCUT2D eigenvalue weighted by molar-refractivity contribution is -0.151. The highest BCUT2D eigenvalue weighted by Crippen LogP contribution is 2.36. The van der Waals surface area contributed by atoms with Crippen molar-refractivity contribution >= 4 is 18.5 Å². The summed E-state index contributed by atoms with van der Waals surface area (Å²) in [7, 11) is 2.81. The number of rotatable bonds is 11. The number of carbonyl (C=O) groups excluding carboxylic acids is 1. The minimum Gasteiger partial charge on any atom is -0.399 e. The van der Waals surface area contributed by atoms with E-state index in [1.165, 1.54) is 6.42 Å². The number of methoxy groups -OCH3 is 2. The van der Waals surface area contributed by atoms with Crippen LogP contribution in [0.25, 0.3) is 0 Å². The lowest BCUT2D eigenvalue weighted by Crippen LogP contribution is -2.46. The van der Waals surface area contributed by atoms with E-state index in [4.69, 9.17) is 23.5 Å². The highest BCUT2D eigenvalue weighted by molar-refractivity contribution is 6.62. The molecule has 1 saturated heterocycles. The maximum atomic E-state index is 13.2. The van der Waals surface area contributed by atoms with Gasteiger partial charge in [-0.05, 0) is 58.5 Å². The van der Waals surface area contributed by atoms with Gasteiger partial charge in [0, 0.05) is 20.3 Å². The highest BCUT2D eigenvalue weighted by Gasteiger charge is 2.51. The Bertz CT molecular complexity index is 806. The molecule has 0 N–H and O–H groups in total. The van der Waals surface area contributed by atoms with Crippen LogP contribution in [-0.2, 0) is 28.3 Å². The van der Waals surface area contributed by atoms with Gasteiger partial charge in [-0.3, -0.25) is 4.79 Å². The number of ether oxygens (including phenoxy) is 3. The van der Waals surface area contributed by atoms with Crippen LogP contribution in [-0.4, -0.2) is 68.8 Å². The van der Waals surface area contributed by atoms with Crippen LogP contribution in [0.3, 0.4) is 0 Å². The normalized spacial score (nSPS) is 20.9. The van der Waals surface area contributed by atoms with Gasteiger partial charge in [0.1, 0.15) is 0 Å². The lowest BCUT2D eigenvalue weighted by Gasteiger charge is -2.36. The zero-order valence-electron chi connectivity index (χ0n) is 22.7. The third kappa shape index (κ3) is 7.07. The average molecular weight is 489 g/mol. The summed E-state index contributed by atoms with van der Waals surface area (Å²) in [6, 6.07) is 8.38. The van der Waals surface area contributed by atoms with Crippen molar-refractivity contribution in [2.24, 2.45) is 0 Å². The second kappa shape index (κ2) is 12.2. The molecule has 7 nitrogen and oxygen atoms in total. The van der Waals surface area contributed by atoms with Crippen LogP contribution < -0.4 is 5.46 Å². The van der Waals surface area contributed by atoms with Gasteiger partial charge >= 0.3 is 7.12 Å². The van der Waals surface area contributed by atoms with Crippen molar-refractivity contribution in [3.63, 3.8) is 0 Å². The van der Waals surface area contributed by atoms with E-state index in [0.29, 0.717) is 19.6 Å². The van der Waals surface area contributed by atoms with E-state index in [0.717, 1.165) is 36.7 Å². The van der Waals surface area contributed by atoms with Crippen LogP contribution in [0.4, 0.5) is 0 Å². The Morgan fingerprint density at radius 1 is 1.09 bits per heavy atom. The van der Waals surface area contributed by atoms with Crippen molar-refractivity contribution in [3.8, 4) is 0 Å². The number of amides is 1. The summed E-state index contributed by atoms with van der Waals surface area (Å²) >= 11 is 0. The molecule has 1 amide bonds. The molecule has 1 heterocycles. The molecule has 0 spiro atoms. The smallest absolute Gasteiger partial charge is 0.399 e. The largest absolute Gasteiger partial charge is 0.494 e. The molecule has 2 aliphatic rings. The molecule has 3 rings (SSSR count). The SMILES string of the molecule is COC(CN(C(=O)CCOC(C)c1cccc(B2OC(C)(C)C(C)(C)O2)c1)C1CCCCC1)OC. The fourth-order valence-corrected chi connectivity index (χ4v) is 4.75. The Labute approximate surface area is 211 Å². The molecule has 1 saturated carbocycles. The van der Waals surface area contributed by atoms with Crippen LogP contribution in [0, 0.1) is 0 Å². The second-order valence-electron chi connectivity index (χ2n) is 10.8. The number of nitrogens with zero attached hydrogens (tertiary/aromatic N) is 1. The average Bonchev–Trinajstić information content (AvgIpc) is 3.07. The maximum absolute atomic E-state index is 13.2. The third-order valence-corrected chi connectivity index (χ3v) is 7.80. The van der Waals surface area contributed by atoms with Gasteiger partial charge in [0.15, 0.2) is 6.29 Å². The molecule has 1 atom stereocenters. The van der Waals surface area contributed by atoms with Gasteiger partial charge in [-0.2, -0.15) is 0 Å². The zero-order valence-corrected chi connectivity index (χ0v) is 22.7. The van der Waals surface area contributed by atoms with Crippen LogP contribution >= 0.6 is 0 Å². The molecule has 1 aliphatic carbocycles. The number of carbonyl (C=O) groups is 1. The zero-order chi connectivity index (χ0) is 25.6. The van der Waals surface area contributed by atoms with Crippen LogP contribution in [0.1, 0.15) is 84.8 Å². The molecule has 1 aromatic rings. The van der Waals surface area contributed by atoms with Gasteiger partial charge < -0.3 is 28.4 Å². The maximum Gasteiger partial charge on any atom is 0.494 e. The van der Waals surface area contributed by atoms with Crippen molar-refractivity contribution in [2.45, 2.75) is 103 Å². The molecule has 0 bridgehead atoms. The minimum atomic E-state index is -0.418. The van der Waals surface area contributed by atoms with Crippen LogP contribution in [0.2, 0.25) is 0 Å². The highest BCUT2D eigenvalue weighted by atomic mass is 16.7. The predicted molar refractivity (Wildman–Crippen MR) is 138 cm³/mol. The first kappa shape index (κ1) is 28.1. The van der Waals surface area contributed by atoms with Crippen LogP contribution in [0.15, 0.2) is 24.3 Å². The standard InChI is InChI=1S/C27H44BNO6/c1-20(21-12-11-13-22(18-21)28-34-26(2,3)27(4,5)35-28)33-17-16-24(30)29(19-25(31-6)32-7)23-14-9-8-10-15-23/h11-13,18,20,23,25H,8-10,14-17,19H2,1-7H3. The first-order valence-electron chi connectivity index (χ1n) is 13.0. The van der Waals surface area contributed by atoms with Gasteiger partial charge in [-0.1, -0.05) is 43.5 Å². The summed E-state index contributed by atoms with van der Waals surface area (Å²) in [4.78, 5) is 15.1. The van der Waals surface area contributed by atoms with Gasteiger partial charge in [-0.25, -0.2) is 0 Å². The first-order valence-corrected chi connectivity index (χ1v) is 13.0. The van der Waals surface area contributed by atoms with Gasteiger partial charge in [0.2, 0.25) is 5.91 Å². The fraction of sp³-hybridized carbons (Fsp3) is 0.741. The first-order chi connectivity index (χ1) is 16.6. The molecule has 1 unspecified atom stereocenters. The van der Waals surface area contributed by atoms with Crippen molar-refractivity contribution in [3.05, 3.63) is 29.8 Å². The second-order valence-corrected chi connectivity index (χ2v) is 10.8. The molecular weight excluding hydrogens is 445 g/mol. The quantitative estimate of drug-likeness (QED) is 0.342. The lowest BCUT2D eigenvalue weighted by atomic mass is 9.78. The summed E-state index contributed by atoms with van der Waals surface area (Å²) in [5.41, 5.74) is 1.24. The molecule has 2 fully saturated rings. The minimum absolute atomic E-state index is 0.0918. The Hall–Kier alpha value is -1.45. The molecule has 1 aliphatic heterocycles. The van der Waals surface area contributed by atoms with Crippen molar-refractivity contribution in [1.29, 1.82) is 0 Å². The van der Waals surface area contributed by atoms with Gasteiger partial charge in [0.05, 0.1) is 36.9 Å². The summed E-state index contributed by atoms with van der Waals surface area (Å²) in [6.45, 7) is 11.0. The van der Waals surface area contributed by atoms with Crippen LogP contribution in [0.5, 0.6) is 0 Å². The summed E-state index contributed by atoms with van der Waals surface area (Å²) in [5, 5.41) is 0. The van der Waals surface area contributed by atoms with Gasteiger partial charge in [-0.15, -0.1) is 0 Å². The van der Waals surface area contributed by atoms with E-state index in [2.05, 4.69) is 33.8 Å². The predicted octanol–water partition coefficient (Wildman–Crippen LogP) is 4.23. The number of hydrogen-bond donors (Lipinski definition) is 0. The molecule has 8 heteroatoms. The molecule has 196 valence electrons. The van der Waals surface area contributed by atoms with E-state index in [1.807, 2.05) is 30.0 Å². The number of hydrogen-bond acceptors (Lipinski definition) is 6. The molecule has 0 radical (unpaired) electrons. The van der Waals surface area contributed by atoms with Crippen molar-refractivity contribution < 1.29 is 28.3 Å². The van der Waals surface area contributed by atoms with Crippen molar-refractivity contribution in [1.82, 2.24) is 4.90 Å². The molecule has 0 aromatic heterocycles. The van der Waals surface area contributed by atoms with Crippen molar-refractivity contribution in [2.75, 3.05) is 27.4 Å². The fourth-order valence-electron chi connectivity index (χ4n) is 4.75. The topological polar surface area (TPSA) is 66.5 Å². The Kier molecular flexibility index (Phi) is 9.80. The molecule has 35 heavy (non-hydrogen) atoms. The van der Waals surface area contributed by atoms with Gasteiger partial charge in [0.25, 0.3) is 0 Å². The Balaban J connectivity index is 1.57. The Morgan fingerprint density at radius 2 is 1.71 bits per heavy atom.